The molecule has 1 nitrogen and oxygen atoms in total. The van der Waals surface area contributed by atoms with Gasteiger partial charge in [0.1, 0.15) is 0 Å². The summed E-state index contributed by atoms with van der Waals surface area (Å²) >= 11 is 0. The molecule has 0 aromatic heterocycles. The van der Waals surface area contributed by atoms with Crippen molar-refractivity contribution in [1.29, 1.82) is 0 Å². The van der Waals surface area contributed by atoms with E-state index in [4.69, 9.17) is 0 Å². The summed E-state index contributed by atoms with van der Waals surface area (Å²) in [6.07, 6.45) is 0. The maximum absolute atomic E-state index is 2.48. The topological polar surface area (TPSA) is 3.24 Å². The SMILES string of the molecule is Cc1c(C)c(C)c(C(C)CN(C)c2c(C)c(C)c(C)c(C)c2C)c(C)c1C. The van der Waals surface area contributed by atoms with Crippen molar-refractivity contribution < 1.29 is 0 Å². The van der Waals surface area contributed by atoms with Crippen LogP contribution in [0.5, 0.6) is 0 Å². The largest absolute Gasteiger partial charge is 0.374 e. The van der Waals surface area contributed by atoms with Crippen molar-refractivity contribution >= 4 is 5.69 Å². The Bertz CT molecular complexity index is 755. The van der Waals surface area contributed by atoms with Gasteiger partial charge in [-0.15, -0.1) is 0 Å². The van der Waals surface area contributed by atoms with Gasteiger partial charge in [0, 0.05) is 19.3 Å². The lowest BCUT2D eigenvalue weighted by Gasteiger charge is -2.31. The normalized spacial score (nSPS) is 12.4. The summed E-state index contributed by atoms with van der Waals surface area (Å²) in [5.41, 5.74) is 17.4. The Hall–Kier alpha value is -1.76. The molecule has 2 aromatic rings. The second-order valence-electron chi connectivity index (χ2n) is 8.79. The molecule has 2 rings (SSSR count). The molecule has 1 atom stereocenters. The van der Waals surface area contributed by atoms with Crippen molar-refractivity contribution in [2.24, 2.45) is 0 Å². The van der Waals surface area contributed by atoms with Gasteiger partial charge < -0.3 is 4.90 Å². The monoisotopic (exact) mass is 365 g/mol. The Labute approximate surface area is 167 Å². The molecule has 0 bridgehead atoms. The number of hydrogen-bond acceptors (Lipinski definition) is 1. The third-order valence-electron chi connectivity index (χ3n) is 7.44. The number of rotatable bonds is 4. The van der Waals surface area contributed by atoms with Crippen LogP contribution in [0.1, 0.15) is 74.0 Å². The maximum atomic E-state index is 2.48. The van der Waals surface area contributed by atoms with E-state index in [1.54, 1.807) is 5.56 Å². The van der Waals surface area contributed by atoms with Crippen LogP contribution < -0.4 is 4.90 Å². The number of hydrogen-bond donors (Lipinski definition) is 0. The second kappa shape index (κ2) is 7.70. The molecule has 0 spiro atoms. The summed E-state index contributed by atoms with van der Waals surface area (Å²) in [7, 11) is 2.26. The minimum atomic E-state index is 0.494. The zero-order valence-corrected chi connectivity index (χ0v) is 19.7. The lowest BCUT2D eigenvalue weighted by Crippen LogP contribution is -2.26. The van der Waals surface area contributed by atoms with Crippen LogP contribution in [0.15, 0.2) is 0 Å². The average molecular weight is 366 g/mol. The first-order chi connectivity index (χ1) is 12.4. The molecule has 0 aliphatic heterocycles. The van der Waals surface area contributed by atoms with E-state index in [2.05, 4.69) is 88.1 Å². The highest BCUT2D eigenvalue weighted by molar-refractivity contribution is 5.66. The molecule has 0 aliphatic carbocycles. The van der Waals surface area contributed by atoms with Gasteiger partial charge in [-0.2, -0.15) is 0 Å². The first-order valence-electron chi connectivity index (χ1n) is 10.3. The summed E-state index contributed by atoms with van der Waals surface area (Å²) in [5.74, 6) is 0.494. The summed E-state index contributed by atoms with van der Waals surface area (Å²) in [5, 5.41) is 0. The third-order valence-corrected chi connectivity index (χ3v) is 7.44. The van der Waals surface area contributed by atoms with Crippen LogP contribution in [-0.4, -0.2) is 13.6 Å². The van der Waals surface area contributed by atoms with E-state index in [-0.39, 0.29) is 0 Å². The van der Waals surface area contributed by atoms with Crippen molar-refractivity contribution in [2.45, 2.75) is 82.1 Å². The van der Waals surface area contributed by atoms with Crippen LogP contribution in [0.3, 0.4) is 0 Å². The number of likely N-dealkylation sites (N-methyl/N-ethyl adjacent to an activating group) is 1. The Balaban J connectivity index is 2.48. The van der Waals surface area contributed by atoms with E-state index in [0.717, 1.165) is 6.54 Å². The van der Waals surface area contributed by atoms with E-state index in [9.17, 15) is 0 Å². The average Bonchev–Trinajstić information content (AvgIpc) is 2.61. The van der Waals surface area contributed by atoms with Gasteiger partial charge >= 0.3 is 0 Å². The van der Waals surface area contributed by atoms with E-state index in [1.165, 1.54) is 61.3 Å². The van der Waals surface area contributed by atoms with Gasteiger partial charge in [0.2, 0.25) is 0 Å². The van der Waals surface area contributed by atoms with Crippen molar-refractivity contribution in [2.75, 3.05) is 18.5 Å². The van der Waals surface area contributed by atoms with E-state index in [1.807, 2.05) is 0 Å². The minimum absolute atomic E-state index is 0.494. The Morgan fingerprint density at radius 1 is 0.519 bits per heavy atom. The van der Waals surface area contributed by atoms with Gasteiger partial charge in [0.05, 0.1) is 0 Å². The molecular weight excluding hydrogens is 326 g/mol. The fraction of sp³-hybridized carbons (Fsp3) is 0.538. The van der Waals surface area contributed by atoms with Crippen LogP contribution in [-0.2, 0) is 0 Å². The van der Waals surface area contributed by atoms with Crippen molar-refractivity contribution in [3.05, 3.63) is 61.2 Å². The Morgan fingerprint density at radius 3 is 1.19 bits per heavy atom. The molecule has 0 heterocycles. The molecule has 1 heteroatoms. The standard InChI is InChI=1S/C26H39N/c1-14(25-21(8)17(4)15(2)18(5)22(25)9)13-27(12)26-23(10)19(6)16(3)20(7)24(26)11/h14H,13H2,1-12H3. The summed E-state index contributed by atoms with van der Waals surface area (Å²) < 4.78 is 0. The van der Waals surface area contributed by atoms with Gasteiger partial charge in [-0.05, 0) is 136 Å². The van der Waals surface area contributed by atoms with Crippen LogP contribution in [0, 0.1) is 69.2 Å². The highest BCUT2D eigenvalue weighted by atomic mass is 15.1. The van der Waals surface area contributed by atoms with Crippen LogP contribution in [0.25, 0.3) is 0 Å². The predicted molar refractivity (Wildman–Crippen MR) is 122 cm³/mol. The number of anilines is 1. The van der Waals surface area contributed by atoms with Gasteiger partial charge in [-0.3, -0.25) is 0 Å². The first-order valence-corrected chi connectivity index (χ1v) is 10.3. The zero-order valence-electron chi connectivity index (χ0n) is 19.7. The zero-order chi connectivity index (χ0) is 20.8. The smallest absolute Gasteiger partial charge is 0.0428 e. The molecule has 0 saturated carbocycles. The van der Waals surface area contributed by atoms with Crippen molar-refractivity contribution in [3.63, 3.8) is 0 Å². The molecular formula is C26H39N. The third kappa shape index (κ3) is 3.53. The lowest BCUT2D eigenvalue weighted by atomic mass is 9.83. The molecule has 148 valence electrons. The highest BCUT2D eigenvalue weighted by Gasteiger charge is 2.21. The van der Waals surface area contributed by atoms with Gasteiger partial charge in [0.25, 0.3) is 0 Å². The van der Waals surface area contributed by atoms with Gasteiger partial charge in [-0.25, -0.2) is 0 Å². The van der Waals surface area contributed by atoms with Crippen LogP contribution in [0.2, 0.25) is 0 Å². The molecule has 0 saturated heterocycles. The maximum Gasteiger partial charge on any atom is 0.0428 e. The van der Waals surface area contributed by atoms with E-state index < -0.39 is 0 Å². The molecule has 0 amide bonds. The predicted octanol–water partition coefficient (Wildman–Crippen LogP) is 7.01. The summed E-state index contributed by atoms with van der Waals surface area (Å²) in [6, 6.07) is 0. The quantitative estimate of drug-likeness (QED) is 0.563. The minimum Gasteiger partial charge on any atom is -0.374 e. The molecule has 0 N–H and O–H groups in total. The Morgan fingerprint density at radius 2 is 0.815 bits per heavy atom. The molecule has 1 unspecified atom stereocenters. The molecule has 2 aromatic carbocycles. The molecule has 0 radical (unpaired) electrons. The van der Waals surface area contributed by atoms with Crippen LogP contribution in [0.4, 0.5) is 5.69 Å². The number of nitrogens with zero attached hydrogens (tertiary/aromatic N) is 1. The molecule has 0 aliphatic rings. The lowest BCUT2D eigenvalue weighted by molar-refractivity contribution is 0.718. The Kier molecular flexibility index (Phi) is 6.14. The van der Waals surface area contributed by atoms with Crippen molar-refractivity contribution in [3.8, 4) is 0 Å². The fourth-order valence-corrected chi connectivity index (χ4v) is 4.91. The van der Waals surface area contributed by atoms with E-state index in [0.29, 0.717) is 5.92 Å². The van der Waals surface area contributed by atoms with Gasteiger partial charge in [0.15, 0.2) is 0 Å². The summed E-state index contributed by atoms with van der Waals surface area (Å²) in [4.78, 5) is 2.48. The highest BCUT2D eigenvalue weighted by Crippen LogP contribution is 2.36. The van der Waals surface area contributed by atoms with Crippen molar-refractivity contribution in [1.82, 2.24) is 0 Å². The second-order valence-corrected chi connectivity index (χ2v) is 8.79. The molecule has 27 heavy (non-hydrogen) atoms. The first kappa shape index (κ1) is 21.5. The molecule has 0 fully saturated rings. The number of benzene rings is 2. The fourth-order valence-electron chi connectivity index (χ4n) is 4.91. The van der Waals surface area contributed by atoms with Gasteiger partial charge in [-0.1, -0.05) is 6.92 Å². The summed E-state index contributed by atoms with van der Waals surface area (Å²) in [6.45, 7) is 26.2. The van der Waals surface area contributed by atoms with E-state index >= 15 is 0 Å². The van der Waals surface area contributed by atoms with Crippen LogP contribution >= 0.6 is 0 Å².